The lowest BCUT2D eigenvalue weighted by atomic mass is 10.0. The van der Waals surface area contributed by atoms with Crippen LogP contribution in [0, 0.1) is 5.92 Å². The molecule has 0 aliphatic heterocycles. The second kappa shape index (κ2) is 7.02. The quantitative estimate of drug-likeness (QED) is 0.817. The first-order valence-electron chi connectivity index (χ1n) is 6.07. The SMILES string of the molecule is CCCC(C)CC(=O)NC(C)c1ccc(Cl)s1. The highest BCUT2D eigenvalue weighted by atomic mass is 35.5. The highest BCUT2D eigenvalue weighted by Crippen LogP contribution is 2.26. The molecule has 1 amide bonds. The minimum Gasteiger partial charge on any atom is -0.349 e. The first-order valence-corrected chi connectivity index (χ1v) is 7.27. The summed E-state index contributed by atoms with van der Waals surface area (Å²) in [4.78, 5) is 12.9. The van der Waals surface area contributed by atoms with Gasteiger partial charge < -0.3 is 5.32 Å². The molecule has 0 spiro atoms. The van der Waals surface area contributed by atoms with Crippen LogP contribution in [0.5, 0.6) is 0 Å². The van der Waals surface area contributed by atoms with Crippen molar-refractivity contribution in [1.82, 2.24) is 5.32 Å². The third kappa shape index (κ3) is 5.09. The Bertz CT molecular complexity index is 364. The van der Waals surface area contributed by atoms with E-state index in [1.807, 2.05) is 19.1 Å². The molecule has 0 aromatic carbocycles. The van der Waals surface area contributed by atoms with Gasteiger partial charge in [0.2, 0.25) is 5.91 Å². The number of carbonyl (C=O) groups excluding carboxylic acids is 1. The zero-order valence-corrected chi connectivity index (χ0v) is 12.2. The van der Waals surface area contributed by atoms with Crippen molar-refractivity contribution in [2.45, 2.75) is 46.1 Å². The number of halogens is 1. The van der Waals surface area contributed by atoms with Crippen molar-refractivity contribution in [1.29, 1.82) is 0 Å². The van der Waals surface area contributed by atoms with E-state index in [-0.39, 0.29) is 11.9 Å². The second-order valence-corrected chi connectivity index (χ2v) is 6.28. The molecule has 17 heavy (non-hydrogen) atoms. The molecule has 2 unspecified atom stereocenters. The molecule has 0 bridgehead atoms. The molecule has 96 valence electrons. The molecule has 0 saturated carbocycles. The highest BCUT2D eigenvalue weighted by Gasteiger charge is 2.13. The fraction of sp³-hybridized carbons (Fsp3) is 0.615. The lowest BCUT2D eigenvalue weighted by molar-refractivity contribution is -0.122. The Morgan fingerprint density at radius 2 is 2.18 bits per heavy atom. The van der Waals surface area contributed by atoms with Crippen molar-refractivity contribution >= 4 is 28.8 Å². The Balaban J connectivity index is 2.40. The predicted octanol–water partition coefficient (Wildman–Crippen LogP) is 4.41. The molecule has 1 heterocycles. The Morgan fingerprint density at radius 1 is 1.47 bits per heavy atom. The topological polar surface area (TPSA) is 29.1 Å². The third-order valence-electron chi connectivity index (χ3n) is 2.71. The van der Waals surface area contributed by atoms with E-state index in [2.05, 4.69) is 19.2 Å². The molecule has 0 aliphatic carbocycles. The monoisotopic (exact) mass is 273 g/mol. The summed E-state index contributed by atoms with van der Waals surface area (Å²) in [5.74, 6) is 0.585. The first-order chi connectivity index (χ1) is 8.02. The molecule has 1 rings (SSSR count). The van der Waals surface area contributed by atoms with E-state index in [0.29, 0.717) is 12.3 Å². The number of rotatable bonds is 6. The standard InChI is InChI=1S/C13H20ClNOS/c1-4-5-9(2)8-13(16)15-10(3)11-6-7-12(14)17-11/h6-7,9-10H,4-5,8H2,1-3H3,(H,15,16). The normalized spacial score (nSPS) is 14.4. The van der Waals surface area contributed by atoms with E-state index < -0.39 is 0 Å². The van der Waals surface area contributed by atoms with Crippen molar-refractivity contribution in [3.05, 3.63) is 21.3 Å². The summed E-state index contributed by atoms with van der Waals surface area (Å²) < 4.78 is 0.764. The Morgan fingerprint density at radius 3 is 2.71 bits per heavy atom. The third-order valence-corrected chi connectivity index (χ3v) is 4.13. The lowest BCUT2D eigenvalue weighted by Crippen LogP contribution is -2.27. The van der Waals surface area contributed by atoms with Gasteiger partial charge in [-0.15, -0.1) is 11.3 Å². The molecule has 0 radical (unpaired) electrons. The van der Waals surface area contributed by atoms with Crippen LogP contribution in [0.25, 0.3) is 0 Å². The van der Waals surface area contributed by atoms with Crippen LogP contribution in [-0.2, 0) is 4.79 Å². The average Bonchev–Trinajstić information content (AvgIpc) is 2.64. The van der Waals surface area contributed by atoms with Gasteiger partial charge in [0.1, 0.15) is 0 Å². The van der Waals surface area contributed by atoms with Crippen LogP contribution < -0.4 is 5.32 Å². The highest BCUT2D eigenvalue weighted by molar-refractivity contribution is 7.16. The van der Waals surface area contributed by atoms with E-state index in [1.165, 1.54) is 11.3 Å². The Hall–Kier alpha value is -0.540. The average molecular weight is 274 g/mol. The molecule has 1 N–H and O–H groups in total. The molecule has 1 aromatic rings. The van der Waals surface area contributed by atoms with Crippen LogP contribution in [0.15, 0.2) is 12.1 Å². The van der Waals surface area contributed by atoms with Crippen molar-refractivity contribution in [3.8, 4) is 0 Å². The van der Waals surface area contributed by atoms with E-state index in [1.54, 1.807) is 0 Å². The first kappa shape index (κ1) is 14.5. The predicted molar refractivity (Wildman–Crippen MR) is 74.6 cm³/mol. The smallest absolute Gasteiger partial charge is 0.220 e. The van der Waals surface area contributed by atoms with E-state index in [9.17, 15) is 4.79 Å². The number of hydrogen-bond donors (Lipinski definition) is 1. The van der Waals surface area contributed by atoms with Gasteiger partial charge in [0.05, 0.1) is 10.4 Å². The number of nitrogens with one attached hydrogen (secondary N) is 1. The molecule has 0 saturated heterocycles. The Kier molecular flexibility index (Phi) is 6.00. The summed E-state index contributed by atoms with van der Waals surface area (Å²) in [5, 5.41) is 3.01. The Labute approximate surface area is 112 Å². The summed E-state index contributed by atoms with van der Waals surface area (Å²) in [6.45, 7) is 6.25. The van der Waals surface area contributed by atoms with E-state index in [0.717, 1.165) is 22.1 Å². The fourth-order valence-electron chi connectivity index (χ4n) is 1.84. The van der Waals surface area contributed by atoms with Crippen molar-refractivity contribution in [2.75, 3.05) is 0 Å². The zero-order chi connectivity index (χ0) is 12.8. The maximum Gasteiger partial charge on any atom is 0.220 e. The maximum absolute atomic E-state index is 11.8. The summed E-state index contributed by atoms with van der Waals surface area (Å²) in [6, 6.07) is 3.88. The van der Waals surface area contributed by atoms with Gasteiger partial charge in [-0.2, -0.15) is 0 Å². The van der Waals surface area contributed by atoms with Gasteiger partial charge in [-0.25, -0.2) is 0 Å². The van der Waals surface area contributed by atoms with Crippen molar-refractivity contribution in [2.24, 2.45) is 5.92 Å². The summed E-state index contributed by atoms with van der Waals surface area (Å²) in [7, 11) is 0. The van der Waals surface area contributed by atoms with Crippen molar-refractivity contribution < 1.29 is 4.79 Å². The molecule has 0 aliphatic rings. The summed E-state index contributed by atoms with van der Waals surface area (Å²) in [5.41, 5.74) is 0. The second-order valence-electron chi connectivity index (χ2n) is 4.53. The van der Waals surface area contributed by atoms with E-state index in [4.69, 9.17) is 11.6 Å². The fourth-order valence-corrected chi connectivity index (χ4v) is 2.91. The number of thiophene rings is 1. The van der Waals surface area contributed by atoms with Crippen LogP contribution in [-0.4, -0.2) is 5.91 Å². The van der Waals surface area contributed by atoms with Gasteiger partial charge in [0.25, 0.3) is 0 Å². The minimum absolute atomic E-state index is 0.0498. The molecule has 4 heteroatoms. The van der Waals surface area contributed by atoms with Crippen molar-refractivity contribution in [3.63, 3.8) is 0 Å². The zero-order valence-electron chi connectivity index (χ0n) is 10.6. The van der Waals surface area contributed by atoms with Crippen LogP contribution in [0.3, 0.4) is 0 Å². The lowest BCUT2D eigenvalue weighted by Gasteiger charge is -2.14. The van der Waals surface area contributed by atoms with Crippen LogP contribution in [0.4, 0.5) is 0 Å². The molecular weight excluding hydrogens is 254 g/mol. The number of carbonyl (C=O) groups is 1. The largest absolute Gasteiger partial charge is 0.349 e. The van der Waals surface area contributed by atoms with Crippen LogP contribution >= 0.6 is 22.9 Å². The number of hydrogen-bond acceptors (Lipinski definition) is 2. The molecular formula is C13H20ClNOS. The maximum atomic E-state index is 11.8. The summed E-state index contributed by atoms with van der Waals surface area (Å²) in [6.07, 6.45) is 2.84. The van der Waals surface area contributed by atoms with Gasteiger partial charge >= 0.3 is 0 Å². The van der Waals surface area contributed by atoms with Gasteiger partial charge in [-0.3, -0.25) is 4.79 Å². The molecule has 2 atom stereocenters. The van der Waals surface area contributed by atoms with Crippen LogP contribution in [0.2, 0.25) is 4.34 Å². The van der Waals surface area contributed by atoms with E-state index >= 15 is 0 Å². The minimum atomic E-state index is 0.0498. The molecule has 0 fully saturated rings. The van der Waals surface area contributed by atoms with Gasteiger partial charge in [-0.05, 0) is 25.0 Å². The van der Waals surface area contributed by atoms with Gasteiger partial charge in [0.15, 0.2) is 0 Å². The molecule has 2 nitrogen and oxygen atoms in total. The number of amides is 1. The molecule has 1 aromatic heterocycles. The van der Waals surface area contributed by atoms with Crippen LogP contribution in [0.1, 0.15) is 51.0 Å². The van der Waals surface area contributed by atoms with Gasteiger partial charge in [-0.1, -0.05) is 38.3 Å². The summed E-state index contributed by atoms with van der Waals surface area (Å²) >= 11 is 7.39. The van der Waals surface area contributed by atoms with Gasteiger partial charge in [0, 0.05) is 11.3 Å².